The molecule has 2 unspecified atom stereocenters. The number of hydrogen-bond donors (Lipinski definition) is 1. The summed E-state index contributed by atoms with van der Waals surface area (Å²) in [7, 11) is 0. The van der Waals surface area contributed by atoms with Crippen molar-refractivity contribution in [2.24, 2.45) is 17.3 Å². The molecule has 0 aromatic carbocycles. The van der Waals surface area contributed by atoms with Gasteiger partial charge < -0.3 is 5.32 Å². The summed E-state index contributed by atoms with van der Waals surface area (Å²) >= 11 is 0. The monoisotopic (exact) mass is 181 g/mol. The van der Waals surface area contributed by atoms with Crippen molar-refractivity contribution in [1.29, 1.82) is 0 Å². The Morgan fingerprint density at radius 3 is 2.31 bits per heavy atom. The molecule has 1 aliphatic heterocycles. The van der Waals surface area contributed by atoms with Crippen LogP contribution in [-0.4, -0.2) is 12.6 Å². The Morgan fingerprint density at radius 2 is 1.92 bits per heavy atom. The lowest BCUT2D eigenvalue weighted by atomic mass is 9.72. The van der Waals surface area contributed by atoms with Crippen LogP contribution in [0.4, 0.5) is 0 Å². The van der Waals surface area contributed by atoms with E-state index in [1.54, 1.807) is 0 Å². The molecule has 13 heavy (non-hydrogen) atoms. The van der Waals surface area contributed by atoms with Gasteiger partial charge in [0.2, 0.25) is 0 Å². The Bertz CT molecular complexity index is 186. The topological polar surface area (TPSA) is 12.0 Å². The fourth-order valence-corrected chi connectivity index (χ4v) is 2.14. The summed E-state index contributed by atoms with van der Waals surface area (Å²) in [5, 5.41) is 3.59. The highest BCUT2D eigenvalue weighted by Gasteiger charge is 2.32. The summed E-state index contributed by atoms with van der Waals surface area (Å²) in [6, 6.07) is 0.644. The first-order chi connectivity index (χ1) is 5.93. The van der Waals surface area contributed by atoms with Gasteiger partial charge in [-0.25, -0.2) is 0 Å². The van der Waals surface area contributed by atoms with E-state index in [1.807, 2.05) is 0 Å². The highest BCUT2D eigenvalue weighted by Crippen LogP contribution is 2.33. The van der Waals surface area contributed by atoms with E-state index in [0.29, 0.717) is 23.3 Å². The van der Waals surface area contributed by atoms with Gasteiger partial charge in [0.05, 0.1) is 0 Å². The molecule has 1 N–H and O–H groups in total. The van der Waals surface area contributed by atoms with E-state index in [1.165, 1.54) is 0 Å². The molecule has 0 aromatic heterocycles. The zero-order valence-electron chi connectivity index (χ0n) is 9.59. The van der Waals surface area contributed by atoms with Crippen LogP contribution in [0.15, 0.2) is 12.2 Å². The van der Waals surface area contributed by atoms with Gasteiger partial charge in [0.15, 0.2) is 0 Å². The highest BCUT2D eigenvalue weighted by atomic mass is 14.9. The van der Waals surface area contributed by atoms with Gasteiger partial charge >= 0.3 is 0 Å². The van der Waals surface area contributed by atoms with Crippen LogP contribution in [0, 0.1) is 17.3 Å². The van der Waals surface area contributed by atoms with Crippen LogP contribution in [0.25, 0.3) is 0 Å². The first-order valence-corrected chi connectivity index (χ1v) is 5.33. The molecule has 0 amide bonds. The molecule has 0 aromatic rings. The molecular formula is C12H23N. The van der Waals surface area contributed by atoms with Crippen LogP contribution in [-0.2, 0) is 0 Å². The van der Waals surface area contributed by atoms with E-state index in [2.05, 4.69) is 52.1 Å². The molecule has 1 aliphatic rings. The first kappa shape index (κ1) is 10.8. The van der Waals surface area contributed by atoms with Crippen LogP contribution in [0.2, 0.25) is 0 Å². The molecule has 1 nitrogen and oxygen atoms in total. The van der Waals surface area contributed by atoms with Gasteiger partial charge in [0.1, 0.15) is 0 Å². The number of rotatable bonds is 1. The molecule has 0 aliphatic carbocycles. The number of nitrogens with one attached hydrogen (secondary N) is 1. The molecule has 0 saturated carbocycles. The Kier molecular flexibility index (Phi) is 3.18. The number of hydrogen-bond acceptors (Lipinski definition) is 1. The Labute approximate surface area is 82.6 Å². The van der Waals surface area contributed by atoms with Crippen LogP contribution in [0.5, 0.6) is 0 Å². The van der Waals surface area contributed by atoms with Crippen molar-refractivity contribution in [3.63, 3.8) is 0 Å². The molecule has 1 heterocycles. The minimum absolute atomic E-state index is 0.374. The molecule has 0 radical (unpaired) electrons. The molecular weight excluding hydrogens is 158 g/mol. The Hall–Kier alpha value is -0.300. The molecule has 0 fully saturated rings. The van der Waals surface area contributed by atoms with Gasteiger partial charge in [-0.3, -0.25) is 0 Å². The largest absolute Gasteiger partial charge is 0.310 e. The smallest absolute Gasteiger partial charge is 0.0161 e. The van der Waals surface area contributed by atoms with E-state index in [0.717, 1.165) is 6.54 Å². The highest BCUT2D eigenvalue weighted by molar-refractivity contribution is 5.05. The minimum Gasteiger partial charge on any atom is -0.310 e. The average Bonchev–Trinajstić information content (AvgIpc) is 2.03. The molecule has 2 atom stereocenters. The molecule has 1 heteroatoms. The predicted octanol–water partition coefficient (Wildman–Crippen LogP) is 2.83. The van der Waals surface area contributed by atoms with Gasteiger partial charge in [0.25, 0.3) is 0 Å². The van der Waals surface area contributed by atoms with E-state index >= 15 is 0 Å². The lowest BCUT2D eigenvalue weighted by Gasteiger charge is -2.40. The summed E-state index contributed by atoms with van der Waals surface area (Å²) in [5.41, 5.74) is 0.374. The third-order valence-electron chi connectivity index (χ3n) is 2.92. The maximum Gasteiger partial charge on any atom is 0.0161 e. The van der Waals surface area contributed by atoms with Gasteiger partial charge in [-0.1, -0.05) is 46.8 Å². The van der Waals surface area contributed by atoms with Crippen LogP contribution in [0.1, 0.15) is 34.6 Å². The lowest BCUT2D eigenvalue weighted by Crippen LogP contribution is -2.47. The van der Waals surface area contributed by atoms with Gasteiger partial charge in [-0.15, -0.1) is 0 Å². The summed E-state index contributed by atoms with van der Waals surface area (Å²) in [6.07, 6.45) is 4.65. The molecule has 1 rings (SSSR count). The standard InChI is InChI=1S/C12H23N/c1-9(2)11-10(12(3,4)5)7-6-8-13-11/h6-7,9-11,13H,8H2,1-5H3. The fourth-order valence-electron chi connectivity index (χ4n) is 2.14. The second-order valence-corrected chi connectivity index (χ2v) is 5.50. The Morgan fingerprint density at radius 1 is 1.31 bits per heavy atom. The zero-order valence-corrected chi connectivity index (χ0v) is 9.59. The molecule has 0 spiro atoms. The van der Waals surface area contributed by atoms with Gasteiger partial charge in [0, 0.05) is 12.6 Å². The van der Waals surface area contributed by atoms with Crippen molar-refractivity contribution in [1.82, 2.24) is 5.32 Å². The normalized spacial score (nSPS) is 29.7. The van der Waals surface area contributed by atoms with Crippen molar-refractivity contribution < 1.29 is 0 Å². The summed E-state index contributed by atoms with van der Waals surface area (Å²) in [6.45, 7) is 12.6. The maximum absolute atomic E-state index is 3.59. The van der Waals surface area contributed by atoms with Crippen LogP contribution >= 0.6 is 0 Å². The minimum atomic E-state index is 0.374. The van der Waals surface area contributed by atoms with Crippen LogP contribution in [0.3, 0.4) is 0 Å². The van der Waals surface area contributed by atoms with Crippen molar-refractivity contribution in [3.05, 3.63) is 12.2 Å². The summed E-state index contributed by atoms with van der Waals surface area (Å²) in [5.74, 6) is 1.38. The second-order valence-electron chi connectivity index (χ2n) is 5.50. The first-order valence-electron chi connectivity index (χ1n) is 5.33. The fraction of sp³-hybridized carbons (Fsp3) is 0.833. The predicted molar refractivity (Wildman–Crippen MR) is 58.7 cm³/mol. The van der Waals surface area contributed by atoms with E-state index in [9.17, 15) is 0 Å². The van der Waals surface area contributed by atoms with E-state index < -0.39 is 0 Å². The van der Waals surface area contributed by atoms with Crippen LogP contribution < -0.4 is 5.32 Å². The van der Waals surface area contributed by atoms with Crippen molar-refractivity contribution >= 4 is 0 Å². The van der Waals surface area contributed by atoms with Gasteiger partial charge in [-0.2, -0.15) is 0 Å². The van der Waals surface area contributed by atoms with Crippen molar-refractivity contribution in [3.8, 4) is 0 Å². The third-order valence-corrected chi connectivity index (χ3v) is 2.92. The molecule has 76 valence electrons. The Balaban J connectivity index is 2.78. The third kappa shape index (κ3) is 2.57. The lowest BCUT2D eigenvalue weighted by molar-refractivity contribution is 0.186. The van der Waals surface area contributed by atoms with E-state index in [4.69, 9.17) is 0 Å². The van der Waals surface area contributed by atoms with Gasteiger partial charge in [-0.05, 0) is 17.3 Å². The van der Waals surface area contributed by atoms with E-state index in [-0.39, 0.29) is 0 Å². The maximum atomic E-state index is 3.59. The SMILES string of the molecule is CC(C)C1NCC=CC1C(C)(C)C. The average molecular weight is 181 g/mol. The zero-order chi connectivity index (χ0) is 10.1. The summed E-state index contributed by atoms with van der Waals surface area (Å²) < 4.78 is 0. The quantitative estimate of drug-likeness (QED) is 0.613. The summed E-state index contributed by atoms with van der Waals surface area (Å²) in [4.78, 5) is 0. The molecule has 0 saturated heterocycles. The van der Waals surface area contributed by atoms with Crippen molar-refractivity contribution in [2.45, 2.75) is 40.7 Å². The molecule has 0 bridgehead atoms. The second kappa shape index (κ2) is 3.83. The van der Waals surface area contributed by atoms with Crippen molar-refractivity contribution in [2.75, 3.05) is 6.54 Å².